The number of aliphatic imine (C=N–C) groups is 1. The smallest absolute Gasteiger partial charge is 0.226 e. The first kappa shape index (κ1) is 15.1. The predicted molar refractivity (Wildman–Crippen MR) is 81.8 cm³/mol. The van der Waals surface area contributed by atoms with E-state index >= 15 is 0 Å². The van der Waals surface area contributed by atoms with E-state index in [0.29, 0.717) is 24.9 Å². The lowest BCUT2D eigenvalue weighted by molar-refractivity contribution is 0.300. The van der Waals surface area contributed by atoms with E-state index in [4.69, 9.17) is 9.52 Å². The van der Waals surface area contributed by atoms with Crippen molar-refractivity contribution >= 4 is 5.96 Å². The average molecular weight is 288 g/mol. The molecule has 0 spiro atoms. The number of hydrogen-bond donors (Lipinski definition) is 3. The minimum atomic E-state index is 0.0620. The molecule has 1 aromatic heterocycles. The van der Waals surface area contributed by atoms with Gasteiger partial charge in [0.05, 0.1) is 13.2 Å². The second kappa shape index (κ2) is 8.06. The van der Waals surface area contributed by atoms with Crippen molar-refractivity contribution in [1.82, 2.24) is 15.6 Å². The average Bonchev–Trinajstić information content (AvgIpc) is 3.00. The van der Waals surface area contributed by atoms with Gasteiger partial charge in [-0.25, -0.2) is 9.98 Å². The number of nitrogens with zero attached hydrogens (tertiary/aromatic N) is 2. The molecule has 6 nitrogen and oxygen atoms in total. The molecule has 21 heavy (non-hydrogen) atoms. The van der Waals surface area contributed by atoms with Gasteiger partial charge < -0.3 is 20.2 Å². The fraction of sp³-hybridized carbons (Fsp3) is 0.333. The first-order chi connectivity index (χ1) is 10.3. The van der Waals surface area contributed by atoms with Crippen LogP contribution in [0.15, 0.2) is 46.0 Å². The van der Waals surface area contributed by atoms with Gasteiger partial charge in [0.15, 0.2) is 5.96 Å². The minimum Gasteiger partial charge on any atom is -0.444 e. The van der Waals surface area contributed by atoms with Crippen molar-refractivity contribution in [3.63, 3.8) is 0 Å². The number of hydrogen-bond acceptors (Lipinski definition) is 4. The van der Waals surface area contributed by atoms with E-state index in [1.807, 2.05) is 37.3 Å². The van der Waals surface area contributed by atoms with Crippen LogP contribution in [0.1, 0.15) is 12.6 Å². The molecular formula is C15H20N4O2. The summed E-state index contributed by atoms with van der Waals surface area (Å²) in [7, 11) is 0. The van der Waals surface area contributed by atoms with Crippen LogP contribution in [0.3, 0.4) is 0 Å². The largest absolute Gasteiger partial charge is 0.444 e. The number of aromatic nitrogens is 1. The molecule has 0 aliphatic carbocycles. The molecule has 1 aromatic carbocycles. The molecule has 112 valence electrons. The first-order valence-corrected chi connectivity index (χ1v) is 6.96. The van der Waals surface area contributed by atoms with Crippen LogP contribution in [0.2, 0.25) is 0 Å². The highest BCUT2D eigenvalue weighted by molar-refractivity contribution is 5.79. The highest BCUT2D eigenvalue weighted by Gasteiger charge is 2.06. The van der Waals surface area contributed by atoms with Crippen LogP contribution in [0.4, 0.5) is 0 Å². The van der Waals surface area contributed by atoms with Gasteiger partial charge in [-0.3, -0.25) is 0 Å². The summed E-state index contributed by atoms with van der Waals surface area (Å²) in [5.74, 6) is 1.24. The van der Waals surface area contributed by atoms with Gasteiger partial charge in [0, 0.05) is 18.7 Å². The van der Waals surface area contributed by atoms with E-state index in [1.165, 1.54) is 0 Å². The molecule has 0 unspecified atom stereocenters. The number of aliphatic hydroxyl groups is 1. The van der Waals surface area contributed by atoms with Crippen molar-refractivity contribution in [3.05, 3.63) is 42.3 Å². The molecule has 0 aliphatic heterocycles. The summed E-state index contributed by atoms with van der Waals surface area (Å²) < 4.78 is 5.46. The third-order valence-electron chi connectivity index (χ3n) is 2.72. The monoisotopic (exact) mass is 288 g/mol. The third kappa shape index (κ3) is 4.61. The number of aliphatic hydroxyl groups excluding tert-OH is 1. The fourth-order valence-electron chi connectivity index (χ4n) is 1.77. The van der Waals surface area contributed by atoms with Gasteiger partial charge >= 0.3 is 0 Å². The topological polar surface area (TPSA) is 82.7 Å². The number of benzene rings is 1. The summed E-state index contributed by atoms with van der Waals surface area (Å²) in [6.07, 6.45) is 1.61. The molecule has 3 N–H and O–H groups in total. The van der Waals surface area contributed by atoms with Gasteiger partial charge in [-0.2, -0.15) is 0 Å². The highest BCUT2D eigenvalue weighted by Crippen LogP contribution is 2.18. The number of rotatable bonds is 6. The van der Waals surface area contributed by atoms with Gasteiger partial charge in [-0.15, -0.1) is 0 Å². The molecule has 2 aromatic rings. The lowest BCUT2D eigenvalue weighted by Gasteiger charge is -2.09. The van der Waals surface area contributed by atoms with Crippen LogP contribution in [0, 0.1) is 0 Å². The van der Waals surface area contributed by atoms with E-state index in [9.17, 15) is 0 Å². The second-order valence-corrected chi connectivity index (χ2v) is 4.36. The molecular weight excluding hydrogens is 268 g/mol. The summed E-state index contributed by atoms with van der Waals surface area (Å²) in [6.45, 7) is 3.68. The zero-order chi connectivity index (χ0) is 14.9. The number of oxazole rings is 1. The Balaban J connectivity index is 2.01. The van der Waals surface area contributed by atoms with Crippen molar-refractivity contribution in [1.29, 1.82) is 0 Å². The number of guanidine groups is 1. The van der Waals surface area contributed by atoms with Gasteiger partial charge in [0.1, 0.15) is 12.0 Å². The lowest BCUT2D eigenvalue weighted by atomic mass is 10.2. The SMILES string of the molecule is CCNC(=NCc1coc(-c2ccccc2)n1)NCCO. The molecule has 0 bridgehead atoms. The quantitative estimate of drug-likeness (QED) is 0.553. The molecule has 0 saturated carbocycles. The Kier molecular flexibility index (Phi) is 5.78. The second-order valence-electron chi connectivity index (χ2n) is 4.36. The predicted octanol–water partition coefficient (Wildman–Crippen LogP) is 1.39. The highest BCUT2D eigenvalue weighted by atomic mass is 16.3. The zero-order valence-electron chi connectivity index (χ0n) is 12.0. The van der Waals surface area contributed by atoms with E-state index < -0.39 is 0 Å². The van der Waals surface area contributed by atoms with E-state index in [0.717, 1.165) is 17.8 Å². The number of nitrogens with one attached hydrogen (secondary N) is 2. The van der Waals surface area contributed by atoms with Crippen molar-refractivity contribution in [2.24, 2.45) is 4.99 Å². The van der Waals surface area contributed by atoms with Crippen molar-refractivity contribution in [2.75, 3.05) is 19.7 Å². The molecule has 0 radical (unpaired) electrons. The fourth-order valence-corrected chi connectivity index (χ4v) is 1.77. The standard InChI is InChI=1S/C15H20N4O2/c1-2-16-15(17-8-9-20)18-10-13-11-21-14(19-13)12-6-4-3-5-7-12/h3-7,11,20H,2,8-10H2,1H3,(H2,16,17,18). The van der Waals surface area contributed by atoms with Crippen LogP contribution in [0.5, 0.6) is 0 Å². The summed E-state index contributed by atoms with van der Waals surface area (Å²) in [6, 6.07) is 9.74. The van der Waals surface area contributed by atoms with Crippen molar-refractivity contribution in [2.45, 2.75) is 13.5 Å². The summed E-state index contributed by atoms with van der Waals surface area (Å²) in [5.41, 5.74) is 1.70. The first-order valence-electron chi connectivity index (χ1n) is 6.96. The molecule has 0 amide bonds. The molecule has 0 saturated heterocycles. The van der Waals surface area contributed by atoms with Crippen LogP contribution in [-0.2, 0) is 6.54 Å². The van der Waals surface area contributed by atoms with Crippen LogP contribution < -0.4 is 10.6 Å². The Morgan fingerprint density at radius 1 is 1.29 bits per heavy atom. The maximum absolute atomic E-state index is 8.83. The van der Waals surface area contributed by atoms with E-state index in [2.05, 4.69) is 20.6 Å². The van der Waals surface area contributed by atoms with Crippen LogP contribution in [0.25, 0.3) is 11.5 Å². The molecule has 0 aliphatic rings. The maximum Gasteiger partial charge on any atom is 0.226 e. The van der Waals surface area contributed by atoms with Crippen LogP contribution >= 0.6 is 0 Å². The Hall–Kier alpha value is -2.34. The molecule has 0 fully saturated rings. The molecule has 6 heteroatoms. The normalized spacial score (nSPS) is 11.4. The maximum atomic E-state index is 8.83. The third-order valence-corrected chi connectivity index (χ3v) is 2.72. The minimum absolute atomic E-state index is 0.0620. The Morgan fingerprint density at radius 2 is 2.10 bits per heavy atom. The summed E-state index contributed by atoms with van der Waals surface area (Å²) in [4.78, 5) is 8.80. The van der Waals surface area contributed by atoms with Crippen molar-refractivity contribution < 1.29 is 9.52 Å². The van der Waals surface area contributed by atoms with Crippen LogP contribution in [-0.4, -0.2) is 35.7 Å². The summed E-state index contributed by atoms with van der Waals surface area (Å²) in [5, 5.41) is 14.9. The Labute approximate surface area is 123 Å². The summed E-state index contributed by atoms with van der Waals surface area (Å²) >= 11 is 0. The lowest BCUT2D eigenvalue weighted by Crippen LogP contribution is -2.38. The molecule has 1 heterocycles. The van der Waals surface area contributed by atoms with Gasteiger partial charge in [-0.05, 0) is 19.1 Å². The van der Waals surface area contributed by atoms with E-state index in [1.54, 1.807) is 6.26 Å². The van der Waals surface area contributed by atoms with Gasteiger partial charge in [-0.1, -0.05) is 18.2 Å². The van der Waals surface area contributed by atoms with Gasteiger partial charge in [0.25, 0.3) is 0 Å². The van der Waals surface area contributed by atoms with Gasteiger partial charge in [0.2, 0.25) is 5.89 Å². The van der Waals surface area contributed by atoms with Crippen molar-refractivity contribution in [3.8, 4) is 11.5 Å². The Morgan fingerprint density at radius 3 is 2.81 bits per heavy atom. The zero-order valence-corrected chi connectivity index (χ0v) is 12.0. The van der Waals surface area contributed by atoms with E-state index in [-0.39, 0.29) is 6.61 Å². The molecule has 0 atom stereocenters. The molecule has 2 rings (SSSR count). The Bertz CT molecular complexity index is 566.